The predicted octanol–water partition coefficient (Wildman–Crippen LogP) is 2.39. The second-order valence-corrected chi connectivity index (χ2v) is 5.49. The maximum absolute atomic E-state index is 5.85. The Bertz CT molecular complexity index is 388. The largest absolute Gasteiger partial charge is 0.330 e. The van der Waals surface area contributed by atoms with E-state index in [1.54, 1.807) is 0 Å². The molecule has 0 spiro atoms. The number of hydrogen-bond donors (Lipinski definition) is 2. The van der Waals surface area contributed by atoms with Crippen LogP contribution in [0.15, 0.2) is 24.3 Å². The molecule has 17 heavy (non-hydrogen) atoms. The van der Waals surface area contributed by atoms with Crippen molar-refractivity contribution in [1.82, 2.24) is 5.32 Å². The number of benzene rings is 1. The summed E-state index contributed by atoms with van der Waals surface area (Å²) >= 11 is 0. The van der Waals surface area contributed by atoms with Crippen LogP contribution in [-0.2, 0) is 6.42 Å². The van der Waals surface area contributed by atoms with Crippen molar-refractivity contribution in [2.24, 2.45) is 11.7 Å². The quantitative estimate of drug-likeness (QED) is 0.836. The van der Waals surface area contributed by atoms with Gasteiger partial charge in [-0.2, -0.15) is 0 Å². The third-order valence-electron chi connectivity index (χ3n) is 4.51. The highest BCUT2D eigenvalue weighted by atomic mass is 15.0. The fourth-order valence-corrected chi connectivity index (χ4v) is 3.53. The molecule has 0 aromatic heterocycles. The highest BCUT2D eigenvalue weighted by Gasteiger charge is 2.30. The molecule has 0 amide bonds. The summed E-state index contributed by atoms with van der Waals surface area (Å²) in [6, 6.07) is 10.1. The van der Waals surface area contributed by atoms with Crippen LogP contribution in [0.25, 0.3) is 0 Å². The molecule has 2 aliphatic rings. The van der Waals surface area contributed by atoms with E-state index in [-0.39, 0.29) is 0 Å². The Balaban J connectivity index is 1.71. The highest BCUT2D eigenvalue weighted by Crippen LogP contribution is 2.34. The molecule has 1 aromatic carbocycles. The van der Waals surface area contributed by atoms with Crippen LogP contribution < -0.4 is 11.1 Å². The van der Waals surface area contributed by atoms with Crippen LogP contribution in [0.4, 0.5) is 0 Å². The Morgan fingerprint density at radius 2 is 2.06 bits per heavy atom. The Morgan fingerprint density at radius 1 is 1.18 bits per heavy atom. The lowest BCUT2D eigenvalue weighted by Gasteiger charge is -2.24. The molecule has 3 unspecified atom stereocenters. The predicted molar refractivity (Wildman–Crippen MR) is 70.8 cm³/mol. The smallest absolute Gasteiger partial charge is 0.0328 e. The van der Waals surface area contributed by atoms with Crippen molar-refractivity contribution < 1.29 is 0 Å². The zero-order valence-electron chi connectivity index (χ0n) is 10.4. The van der Waals surface area contributed by atoms with Crippen molar-refractivity contribution in [3.63, 3.8) is 0 Å². The van der Waals surface area contributed by atoms with Gasteiger partial charge in [0.05, 0.1) is 0 Å². The highest BCUT2D eigenvalue weighted by molar-refractivity contribution is 5.34. The first-order valence-electron chi connectivity index (χ1n) is 6.92. The summed E-state index contributed by atoms with van der Waals surface area (Å²) in [5.41, 5.74) is 8.91. The molecule has 3 N–H and O–H groups in total. The fraction of sp³-hybridized carbons (Fsp3) is 0.600. The molecule has 92 valence electrons. The van der Waals surface area contributed by atoms with Crippen LogP contribution >= 0.6 is 0 Å². The summed E-state index contributed by atoms with van der Waals surface area (Å²) in [7, 11) is 0. The van der Waals surface area contributed by atoms with Gasteiger partial charge in [-0.05, 0) is 49.3 Å². The van der Waals surface area contributed by atoms with Crippen LogP contribution in [0.3, 0.4) is 0 Å². The van der Waals surface area contributed by atoms with E-state index in [1.165, 1.54) is 43.2 Å². The molecule has 0 bridgehead atoms. The normalized spacial score (nSPS) is 31.7. The van der Waals surface area contributed by atoms with Gasteiger partial charge in [0, 0.05) is 12.1 Å². The van der Waals surface area contributed by atoms with Gasteiger partial charge in [0.1, 0.15) is 0 Å². The second-order valence-electron chi connectivity index (χ2n) is 5.49. The van der Waals surface area contributed by atoms with E-state index in [0.717, 1.165) is 6.54 Å². The van der Waals surface area contributed by atoms with E-state index in [0.29, 0.717) is 18.0 Å². The lowest BCUT2D eigenvalue weighted by Crippen LogP contribution is -2.37. The topological polar surface area (TPSA) is 38.0 Å². The number of nitrogens with one attached hydrogen (secondary N) is 1. The summed E-state index contributed by atoms with van der Waals surface area (Å²) < 4.78 is 0. The van der Waals surface area contributed by atoms with E-state index < -0.39 is 0 Å². The number of rotatable bonds is 3. The minimum Gasteiger partial charge on any atom is -0.330 e. The Morgan fingerprint density at radius 3 is 2.94 bits per heavy atom. The molecule has 0 heterocycles. The molecule has 1 aromatic rings. The standard InChI is InChI=1S/C15H22N2/c16-10-12-5-3-7-14(12)17-15-9-8-11-4-1-2-6-13(11)15/h1-2,4,6,12,14-15,17H,3,5,7-10,16H2. The Labute approximate surface area is 104 Å². The molecule has 2 aliphatic carbocycles. The van der Waals surface area contributed by atoms with Gasteiger partial charge in [0.25, 0.3) is 0 Å². The van der Waals surface area contributed by atoms with Gasteiger partial charge in [-0.1, -0.05) is 30.7 Å². The summed E-state index contributed by atoms with van der Waals surface area (Å²) in [6.45, 7) is 0.839. The van der Waals surface area contributed by atoms with Gasteiger partial charge in [-0.15, -0.1) is 0 Å². The average Bonchev–Trinajstić information content (AvgIpc) is 2.97. The van der Waals surface area contributed by atoms with Gasteiger partial charge in [-0.25, -0.2) is 0 Å². The zero-order valence-corrected chi connectivity index (χ0v) is 10.4. The molecule has 1 fully saturated rings. The molecule has 0 aliphatic heterocycles. The van der Waals surface area contributed by atoms with Crippen LogP contribution in [0.2, 0.25) is 0 Å². The number of aryl methyl sites for hydroxylation is 1. The van der Waals surface area contributed by atoms with Gasteiger partial charge in [0.2, 0.25) is 0 Å². The van der Waals surface area contributed by atoms with Crippen LogP contribution in [-0.4, -0.2) is 12.6 Å². The van der Waals surface area contributed by atoms with Gasteiger partial charge >= 0.3 is 0 Å². The van der Waals surface area contributed by atoms with Gasteiger partial charge < -0.3 is 11.1 Å². The third-order valence-corrected chi connectivity index (χ3v) is 4.51. The summed E-state index contributed by atoms with van der Waals surface area (Å²) in [5, 5.41) is 3.86. The molecule has 3 rings (SSSR count). The SMILES string of the molecule is NCC1CCCC1NC1CCc2ccccc21. The Hall–Kier alpha value is -0.860. The van der Waals surface area contributed by atoms with Crippen molar-refractivity contribution in [3.05, 3.63) is 35.4 Å². The first-order valence-corrected chi connectivity index (χ1v) is 6.92. The lowest BCUT2D eigenvalue weighted by molar-refractivity contribution is 0.361. The lowest BCUT2D eigenvalue weighted by atomic mass is 10.0. The average molecular weight is 230 g/mol. The molecule has 0 radical (unpaired) electrons. The minimum atomic E-state index is 0.573. The van der Waals surface area contributed by atoms with E-state index in [9.17, 15) is 0 Å². The maximum Gasteiger partial charge on any atom is 0.0328 e. The van der Waals surface area contributed by atoms with Gasteiger partial charge in [-0.3, -0.25) is 0 Å². The molecule has 2 nitrogen and oxygen atoms in total. The van der Waals surface area contributed by atoms with Crippen molar-refractivity contribution in [2.75, 3.05) is 6.54 Å². The zero-order chi connectivity index (χ0) is 11.7. The summed E-state index contributed by atoms with van der Waals surface area (Å²) in [6.07, 6.45) is 6.44. The van der Waals surface area contributed by atoms with Crippen molar-refractivity contribution in [1.29, 1.82) is 0 Å². The molecule has 1 saturated carbocycles. The number of fused-ring (bicyclic) bond motifs is 1. The van der Waals surface area contributed by atoms with Crippen molar-refractivity contribution in [2.45, 2.75) is 44.2 Å². The maximum atomic E-state index is 5.85. The number of hydrogen-bond acceptors (Lipinski definition) is 2. The van der Waals surface area contributed by atoms with Crippen LogP contribution in [0.5, 0.6) is 0 Å². The fourth-order valence-electron chi connectivity index (χ4n) is 3.53. The van der Waals surface area contributed by atoms with Crippen molar-refractivity contribution in [3.8, 4) is 0 Å². The minimum absolute atomic E-state index is 0.573. The third kappa shape index (κ3) is 2.12. The van der Waals surface area contributed by atoms with Crippen LogP contribution in [0.1, 0.15) is 42.9 Å². The van der Waals surface area contributed by atoms with E-state index in [1.807, 2.05) is 0 Å². The van der Waals surface area contributed by atoms with E-state index in [2.05, 4.69) is 29.6 Å². The van der Waals surface area contributed by atoms with E-state index >= 15 is 0 Å². The Kier molecular flexibility index (Phi) is 3.17. The molecular formula is C15H22N2. The molecule has 0 saturated heterocycles. The first kappa shape index (κ1) is 11.2. The number of nitrogens with two attached hydrogens (primary N) is 1. The van der Waals surface area contributed by atoms with Crippen LogP contribution in [0, 0.1) is 5.92 Å². The molecular weight excluding hydrogens is 208 g/mol. The first-order chi connectivity index (χ1) is 8.38. The monoisotopic (exact) mass is 230 g/mol. The molecule has 3 atom stereocenters. The molecule has 2 heteroatoms. The van der Waals surface area contributed by atoms with E-state index in [4.69, 9.17) is 5.73 Å². The summed E-state index contributed by atoms with van der Waals surface area (Å²) in [4.78, 5) is 0. The van der Waals surface area contributed by atoms with Gasteiger partial charge in [0.15, 0.2) is 0 Å². The summed E-state index contributed by atoms with van der Waals surface area (Å²) in [5.74, 6) is 0.697. The second kappa shape index (κ2) is 4.79. The van der Waals surface area contributed by atoms with Crippen molar-refractivity contribution >= 4 is 0 Å².